The van der Waals surface area contributed by atoms with Crippen LogP contribution in [-0.2, 0) is 20.9 Å². The highest BCUT2D eigenvalue weighted by molar-refractivity contribution is 8.00. The molecule has 0 aliphatic carbocycles. The first-order valence-electron chi connectivity index (χ1n) is 9.44. The minimum Gasteiger partial charge on any atom is -0.493 e. The third kappa shape index (κ3) is 5.17. The van der Waals surface area contributed by atoms with Gasteiger partial charge in [0.1, 0.15) is 12.4 Å². The molecule has 0 unspecified atom stereocenters. The van der Waals surface area contributed by atoms with Crippen molar-refractivity contribution in [2.24, 2.45) is 0 Å². The second-order valence-electron chi connectivity index (χ2n) is 6.52. The molecule has 152 valence electrons. The van der Waals surface area contributed by atoms with E-state index in [1.54, 1.807) is 23.1 Å². The molecule has 1 heterocycles. The Morgan fingerprint density at radius 1 is 1.17 bits per heavy atom. The second kappa shape index (κ2) is 9.60. The Hall–Kier alpha value is -2.80. The molecule has 0 aromatic heterocycles. The molecule has 1 aliphatic rings. The fraction of sp³-hybridized carbons (Fsp3) is 0.318. The number of hydrogen-bond donors (Lipinski definition) is 0. The Morgan fingerprint density at radius 3 is 2.72 bits per heavy atom. The number of benzene rings is 2. The summed E-state index contributed by atoms with van der Waals surface area (Å²) in [5.74, 6) is 0.448. The lowest BCUT2D eigenvalue weighted by atomic mass is 10.1. The molecule has 7 heteroatoms. The molecule has 1 aliphatic heterocycles. The van der Waals surface area contributed by atoms with Crippen molar-refractivity contribution in [2.75, 3.05) is 23.8 Å². The van der Waals surface area contributed by atoms with Gasteiger partial charge in [-0.25, -0.2) is 0 Å². The standard InChI is InChI=1S/C22H23NO5S/c1-3-27-19-9-8-16(15(2)24)12-17(19)13-28-22(26)10-11-23-18-6-4-5-7-20(18)29-14-21(23)25/h4-9,12H,3,10-11,13-14H2,1-2H3. The van der Waals surface area contributed by atoms with Crippen LogP contribution < -0.4 is 9.64 Å². The van der Waals surface area contributed by atoms with Gasteiger partial charge in [0.2, 0.25) is 5.91 Å². The minimum absolute atomic E-state index is 0.00960. The number of para-hydroxylation sites is 1. The number of anilines is 1. The highest BCUT2D eigenvalue weighted by Gasteiger charge is 2.25. The Labute approximate surface area is 174 Å². The lowest BCUT2D eigenvalue weighted by molar-refractivity contribution is -0.144. The fourth-order valence-corrected chi connectivity index (χ4v) is 3.98. The summed E-state index contributed by atoms with van der Waals surface area (Å²) in [7, 11) is 0. The van der Waals surface area contributed by atoms with Crippen LogP contribution in [0.3, 0.4) is 0 Å². The first kappa shape index (κ1) is 20.9. The number of carbonyl (C=O) groups excluding carboxylic acids is 3. The summed E-state index contributed by atoms with van der Waals surface area (Å²) in [5, 5.41) is 0. The van der Waals surface area contributed by atoms with Gasteiger partial charge in [-0.15, -0.1) is 11.8 Å². The molecule has 0 fully saturated rings. The van der Waals surface area contributed by atoms with E-state index in [4.69, 9.17) is 9.47 Å². The molecule has 0 radical (unpaired) electrons. The molecule has 6 nitrogen and oxygen atoms in total. The van der Waals surface area contributed by atoms with Crippen LogP contribution in [0.15, 0.2) is 47.4 Å². The highest BCUT2D eigenvalue weighted by Crippen LogP contribution is 2.34. The minimum atomic E-state index is -0.413. The van der Waals surface area contributed by atoms with Crippen molar-refractivity contribution in [3.63, 3.8) is 0 Å². The van der Waals surface area contributed by atoms with Crippen molar-refractivity contribution in [3.05, 3.63) is 53.6 Å². The van der Waals surface area contributed by atoms with Gasteiger partial charge < -0.3 is 14.4 Å². The molecule has 0 atom stereocenters. The van der Waals surface area contributed by atoms with Gasteiger partial charge in [-0.05, 0) is 44.2 Å². The van der Waals surface area contributed by atoms with Crippen molar-refractivity contribution in [3.8, 4) is 5.75 Å². The topological polar surface area (TPSA) is 72.9 Å². The van der Waals surface area contributed by atoms with Crippen molar-refractivity contribution < 1.29 is 23.9 Å². The Morgan fingerprint density at radius 2 is 1.97 bits per heavy atom. The summed E-state index contributed by atoms with van der Waals surface area (Å²) in [6.07, 6.45) is 0.0844. The Kier molecular flexibility index (Phi) is 6.93. The first-order chi connectivity index (χ1) is 14.0. The van der Waals surface area contributed by atoms with Gasteiger partial charge in [-0.2, -0.15) is 0 Å². The third-order valence-corrected chi connectivity index (χ3v) is 5.55. The van der Waals surface area contributed by atoms with Crippen molar-refractivity contribution in [1.29, 1.82) is 0 Å². The summed E-state index contributed by atoms with van der Waals surface area (Å²) in [6.45, 7) is 4.09. The van der Waals surface area contributed by atoms with Gasteiger partial charge >= 0.3 is 5.97 Å². The highest BCUT2D eigenvalue weighted by atomic mass is 32.2. The van der Waals surface area contributed by atoms with Crippen LogP contribution in [0.25, 0.3) is 0 Å². The fourth-order valence-electron chi connectivity index (χ4n) is 3.04. The molecule has 0 bridgehead atoms. The molecular formula is C22H23NO5S. The normalized spacial score (nSPS) is 13.0. The summed E-state index contributed by atoms with van der Waals surface area (Å²) < 4.78 is 10.9. The summed E-state index contributed by atoms with van der Waals surface area (Å²) in [5.41, 5.74) is 2.01. The third-order valence-electron chi connectivity index (χ3n) is 4.50. The number of rotatable bonds is 8. The zero-order valence-electron chi connectivity index (χ0n) is 16.5. The zero-order chi connectivity index (χ0) is 20.8. The Balaban J connectivity index is 1.61. The van der Waals surface area contributed by atoms with E-state index in [1.165, 1.54) is 18.7 Å². The molecule has 3 rings (SSSR count). The SMILES string of the molecule is CCOc1ccc(C(C)=O)cc1COC(=O)CCN1C(=O)CSc2ccccc21. The van der Waals surface area contributed by atoms with E-state index < -0.39 is 5.97 Å². The van der Waals surface area contributed by atoms with E-state index in [1.807, 2.05) is 31.2 Å². The predicted molar refractivity (Wildman–Crippen MR) is 112 cm³/mol. The van der Waals surface area contributed by atoms with Crippen LogP contribution in [0.5, 0.6) is 5.75 Å². The first-order valence-corrected chi connectivity index (χ1v) is 10.4. The van der Waals surface area contributed by atoms with Crippen LogP contribution in [0.1, 0.15) is 36.2 Å². The van der Waals surface area contributed by atoms with Gasteiger partial charge in [0.15, 0.2) is 5.78 Å². The number of ketones is 1. The smallest absolute Gasteiger partial charge is 0.307 e. The second-order valence-corrected chi connectivity index (χ2v) is 7.54. The summed E-state index contributed by atoms with van der Waals surface area (Å²) in [6, 6.07) is 12.7. The maximum atomic E-state index is 12.3. The maximum absolute atomic E-state index is 12.3. The monoisotopic (exact) mass is 413 g/mol. The van der Waals surface area contributed by atoms with Crippen LogP contribution in [-0.4, -0.2) is 36.6 Å². The van der Waals surface area contributed by atoms with Gasteiger partial charge in [0, 0.05) is 22.6 Å². The average molecular weight is 413 g/mol. The average Bonchev–Trinajstić information content (AvgIpc) is 2.72. The van der Waals surface area contributed by atoms with Crippen molar-refractivity contribution in [1.82, 2.24) is 0 Å². The van der Waals surface area contributed by atoms with Gasteiger partial charge in [-0.3, -0.25) is 14.4 Å². The largest absolute Gasteiger partial charge is 0.493 e. The summed E-state index contributed by atoms with van der Waals surface area (Å²) >= 11 is 1.50. The van der Waals surface area contributed by atoms with Crippen LogP contribution in [0.2, 0.25) is 0 Å². The molecule has 1 amide bonds. The lowest BCUT2D eigenvalue weighted by Crippen LogP contribution is -2.37. The lowest BCUT2D eigenvalue weighted by Gasteiger charge is -2.28. The number of Topliss-reactive ketones (excluding diaryl/α,β-unsaturated/α-hetero) is 1. The molecule has 0 N–H and O–H groups in total. The van der Waals surface area contributed by atoms with E-state index in [0.29, 0.717) is 29.2 Å². The number of amides is 1. The van der Waals surface area contributed by atoms with Gasteiger partial charge in [0.05, 0.1) is 24.5 Å². The molecule has 2 aromatic rings. The van der Waals surface area contributed by atoms with Crippen molar-refractivity contribution >= 4 is 35.1 Å². The summed E-state index contributed by atoms with van der Waals surface area (Å²) in [4.78, 5) is 38.9. The van der Waals surface area contributed by atoms with Crippen LogP contribution >= 0.6 is 11.8 Å². The number of thioether (sulfide) groups is 1. The molecule has 0 saturated carbocycles. The van der Waals surface area contributed by atoms with Crippen LogP contribution in [0, 0.1) is 0 Å². The van der Waals surface area contributed by atoms with Gasteiger partial charge in [-0.1, -0.05) is 12.1 Å². The number of carbonyl (C=O) groups is 3. The van der Waals surface area contributed by atoms with E-state index >= 15 is 0 Å². The van der Waals surface area contributed by atoms with E-state index in [9.17, 15) is 14.4 Å². The molecule has 29 heavy (non-hydrogen) atoms. The van der Waals surface area contributed by atoms with Crippen molar-refractivity contribution in [2.45, 2.75) is 31.8 Å². The van der Waals surface area contributed by atoms with E-state index in [-0.39, 0.29) is 31.3 Å². The number of ether oxygens (including phenoxy) is 2. The van der Waals surface area contributed by atoms with E-state index in [2.05, 4.69) is 0 Å². The Bertz CT molecular complexity index is 927. The van der Waals surface area contributed by atoms with E-state index in [0.717, 1.165) is 10.6 Å². The van der Waals surface area contributed by atoms with Crippen LogP contribution in [0.4, 0.5) is 5.69 Å². The zero-order valence-corrected chi connectivity index (χ0v) is 17.3. The number of esters is 1. The molecule has 0 spiro atoms. The number of fused-ring (bicyclic) bond motifs is 1. The quantitative estimate of drug-likeness (QED) is 0.483. The molecular weight excluding hydrogens is 390 g/mol. The predicted octanol–water partition coefficient (Wildman–Crippen LogP) is 3.86. The molecule has 2 aromatic carbocycles. The number of hydrogen-bond acceptors (Lipinski definition) is 6. The molecule has 0 saturated heterocycles. The maximum Gasteiger partial charge on any atom is 0.307 e. The number of nitrogens with zero attached hydrogens (tertiary/aromatic N) is 1. The van der Waals surface area contributed by atoms with Gasteiger partial charge in [0.25, 0.3) is 0 Å².